The second kappa shape index (κ2) is 7.65. The third-order valence-electron chi connectivity index (χ3n) is 3.02. The number of rotatable bonds is 7. The fourth-order valence-electron chi connectivity index (χ4n) is 1.88. The maximum Gasteiger partial charge on any atom is 0.251 e. The number of hydrogen-bond acceptors (Lipinski definition) is 3. The van der Waals surface area contributed by atoms with Gasteiger partial charge in [0, 0.05) is 18.7 Å². The van der Waals surface area contributed by atoms with E-state index in [4.69, 9.17) is 5.73 Å². The van der Waals surface area contributed by atoms with Crippen LogP contribution in [0.2, 0.25) is 0 Å². The molecule has 1 aromatic rings. The Hall–Kier alpha value is -1.88. The van der Waals surface area contributed by atoms with Crippen LogP contribution >= 0.6 is 0 Å². The highest BCUT2D eigenvalue weighted by Crippen LogP contribution is 2.07. The van der Waals surface area contributed by atoms with E-state index in [1.54, 1.807) is 31.2 Å². The molecule has 0 heterocycles. The topological polar surface area (TPSA) is 84.2 Å². The molecule has 1 atom stereocenters. The number of nitrogens with two attached hydrogens (primary N) is 1. The van der Waals surface area contributed by atoms with E-state index >= 15 is 0 Å². The number of nitrogens with one attached hydrogen (secondary N) is 2. The standard InChI is InChI=1S/C15H23N3O2/c1-3-9-15(2,16)14(20)18-11-10-17-13(19)12-7-5-4-6-8-12/h4-8H,3,9-11,16H2,1-2H3,(H,17,19)(H,18,20). The summed E-state index contributed by atoms with van der Waals surface area (Å²) >= 11 is 0. The van der Waals surface area contributed by atoms with Crippen molar-refractivity contribution in [3.63, 3.8) is 0 Å². The lowest BCUT2D eigenvalue weighted by Crippen LogP contribution is -2.52. The first-order valence-corrected chi connectivity index (χ1v) is 6.88. The van der Waals surface area contributed by atoms with Gasteiger partial charge in [-0.05, 0) is 25.5 Å². The minimum Gasteiger partial charge on any atom is -0.353 e. The summed E-state index contributed by atoms with van der Waals surface area (Å²) in [6, 6.07) is 8.95. The van der Waals surface area contributed by atoms with Gasteiger partial charge >= 0.3 is 0 Å². The zero-order valence-corrected chi connectivity index (χ0v) is 12.1. The molecular weight excluding hydrogens is 254 g/mol. The Morgan fingerprint density at radius 3 is 2.35 bits per heavy atom. The molecule has 0 bridgehead atoms. The minimum atomic E-state index is -0.849. The normalized spacial score (nSPS) is 13.3. The van der Waals surface area contributed by atoms with Crippen molar-refractivity contribution in [1.82, 2.24) is 10.6 Å². The van der Waals surface area contributed by atoms with E-state index in [2.05, 4.69) is 10.6 Å². The SMILES string of the molecule is CCCC(C)(N)C(=O)NCCNC(=O)c1ccccc1. The lowest BCUT2D eigenvalue weighted by Gasteiger charge is -2.22. The van der Waals surface area contributed by atoms with Gasteiger partial charge in [0.05, 0.1) is 5.54 Å². The summed E-state index contributed by atoms with van der Waals surface area (Å²) in [5.41, 5.74) is 5.66. The largest absolute Gasteiger partial charge is 0.353 e. The van der Waals surface area contributed by atoms with Gasteiger partial charge in [0.2, 0.25) is 5.91 Å². The minimum absolute atomic E-state index is 0.149. The van der Waals surface area contributed by atoms with Crippen molar-refractivity contribution < 1.29 is 9.59 Å². The van der Waals surface area contributed by atoms with Crippen molar-refractivity contribution in [2.45, 2.75) is 32.2 Å². The first kappa shape index (κ1) is 16.2. The zero-order valence-electron chi connectivity index (χ0n) is 12.1. The van der Waals surface area contributed by atoms with Crippen molar-refractivity contribution in [1.29, 1.82) is 0 Å². The molecule has 4 N–H and O–H groups in total. The molecule has 0 saturated heterocycles. The molecule has 0 aliphatic rings. The third-order valence-corrected chi connectivity index (χ3v) is 3.02. The Morgan fingerprint density at radius 1 is 1.15 bits per heavy atom. The van der Waals surface area contributed by atoms with E-state index < -0.39 is 5.54 Å². The Labute approximate surface area is 119 Å². The van der Waals surface area contributed by atoms with E-state index in [9.17, 15) is 9.59 Å². The molecule has 0 aliphatic carbocycles. The van der Waals surface area contributed by atoms with Gasteiger partial charge in [-0.2, -0.15) is 0 Å². The van der Waals surface area contributed by atoms with Crippen LogP contribution in [-0.4, -0.2) is 30.4 Å². The van der Waals surface area contributed by atoms with E-state index in [0.717, 1.165) is 6.42 Å². The van der Waals surface area contributed by atoms with Crippen LogP contribution in [0.4, 0.5) is 0 Å². The molecule has 1 rings (SSSR count). The van der Waals surface area contributed by atoms with Crippen LogP contribution in [0.1, 0.15) is 37.0 Å². The molecule has 0 fully saturated rings. The smallest absolute Gasteiger partial charge is 0.251 e. The van der Waals surface area contributed by atoms with E-state index in [0.29, 0.717) is 25.1 Å². The van der Waals surface area contributed by atoms with Crippen LogP contribution in [0.15, 0.2) is 30.3 Å². The molecule has 0 aliphatic heterocycles. The summed E-state index contributed by atoms with van der Waals surface area (Å²) in [6.45, 7) is 4.45. The Kier molecular flexibility index (Phi) is 6.18. The first-order chi connectivity index (χ1) is 9.47. The van der Waals surface area contributed by atoms with Gasteiger partial charge in [0.25, 0.3) is 5.91 Å². The molecule has 1 unspecified atom stereocenters. The summed E-state index contributed by atoms with van der Waals surface area (Å²) in [6.07, 6.45) is 1.49. The highest BCUT2D eigenvalue weighted by molar-refractivity contribution is 5.94. The Morgan fingerprint density at radius 2 is 1.75 bits per heavy atom. The van der Waals surface area contributed by atoms with Gasteiger partial charge in [-0.1, -0.05) is 31.5 Å². The van der Waals surface area contributed by atoms with Crippen LogP contribution in [-0.2, 0) is 4.79 Å². The van der Waals surface area contributed by atoms with Crippen LogP contribution in [0.25, 0.3) is 0 Å². The van der Waals surface area contributed by atoms with Gasteiger partial charge < -0.3 is 16.4 Å². The summed E-state index contributed by atoms with van der Waals surface area (Å²) in [4.78, 5) is 23.6. The van der Waals surface area contributed by atoms with E-state index in [1.807, 2.05) is 13.0 Å². The van der Waals surface area contributed by atoms with Gasteiger partial charge in [-0.25, -0.2) is 0 Å². The second-order valence-electron chi connectivity index (χ2n) is 5.05. The molecule has 0 spiro atoms. The maximum atomic E-state index is 11.8. The molecule has 110 valence electrons. The molecule has 0 aromatic heterocycles. The highest BCUT2D eigenvalue weighted by atomic mass is 16.2. The maximum absolute atomic E-state index is 11.8. The lowest BCUT2D eigenvalue weighted by atomic mass is 9.97. The molecule has 2 amide bonds. The van der Waals surface area contributed by atoms with E-state index in [-0.39, 0.29) is 11.8 Å². The molecule has 0 radical (unpaired) electrons. The highest BCUT2D eigenvalue weighted by Gasteiger charge is 2.26. The summed E-state index contributed by atoms with van der Waals surface area (Å²) in [5, 5.41) is 5.48. The monoisotopic (exact) mass is 277 g/mol. The van der Waals surface area contributed by atoms with Crippen molar-refractivity contribution in [3.8, 4) is 0 Å². The summed E-state index contributed by atoms with van der Waals surface area (Å²) in [5.74, 6) is -0.336. The van der Waals surface area contributed by atoms with Gasteiger partial charge in [0.1, 0.15) is 0 Å². The number of carbonyl (C=O) groups is 2. The molecule has 5 heteroatoms. The number of amides is 2. The Balaban J connectivity index is 2.29. The fourth-order valence-corrected chi connectivity index (χ4v) is 1.88. The van der Waals surface area contributed by atoms with Gasteiger partial charge in [-0.15, -0.1) is 0 Å². The molecule has 20 heavy (non-hydrogen) atoms. The predicted molar refractivity (Wildman–Crippen MR) is 79.3 cm³/mol. The number of hydrogen-bond donors (Lipinski definition) is 3. The van der Waals surface area contributed by atoms with Crippen molar-refractivity contribution in [3.05, 3.63) is 35.9 Å². The third kappa shape index (κ3) is 5.01. The number of benzene rings is 1. The lowest BCUT2D eigenvalue weighted by molar-refractivity contribution is -0.126. The van der Waals surface area contributed by atoms with Crippen molar-refractivity contribution >= 4 is 11.8 Å². The summed E-state index contributed by atoms with van der Waals surface area (Å²) in [7, 11) is 0. The molecular formula is C15H23N3O2. The molecule has 1 aromatic carbocycles. The van der Waals surface area contributed by atoms with Gasteiger partial charge in [-0.3, -0.25) is 9.59 Å². The second-order valence-corrected chi connectivity index (χ2v) is 5.05. The average Bonchev–Trinajstić information content (AvgIpc) is 2.44. The number of carbonyl (C=O) groups excluding carboxylic acids is 2. The zero-order chi connectivity index (χ0) is 15.0. The van der Waals surface area contributed by atoms with Crippen LogP contribution in [0, 0.1) is 0 Å². The van der Waals surface area contributed by atoms with Gasteiger partial charge in [0.15, 0.2) is 0 Å². The molecule has 5 nitrogen and oxygen atoms in total. The predicted octanol–water partition coefficient (Wildman–Crippen LogP) is 1.05. The van der Waals surface area contributed by atoms with E-state index in [1.165, 1.54) is 0 Å². The van der Waals surface area contributed by atoms with Crippen molar-refractivity contribution in [2.24, 2.45) is 5.73 Å². The first-order valence-electron chi connectivity index (χ1n) is 6.88. The molecule has 0 saturated carbocycles. The van der Waals surface area contributed by atoms with Crippen molar-refractivity contribution in [2.75, 3.05) is 13.1 Å². The summed E-state index contributed by atoms with van der Waals surface area (Å²) < 4.78 is 0. The van der Waals surface area contributed by atoms with Crippen LogP contribution in [0.5, 0.6) is 0 Å². The Bertz CT molecular complexity index is 444. The average molecular weight is 277 g/mol. The van der Waals surface area contributed by atoms with Crippen LogP contribution in [0.3, 0.4) is 0 Å². The quantitative estimate of drug-likeness (QED) is 0.651. The van der Waals surface area contributed by atoms with Crippen LogP contribution < -0.4 is 16.4 Å². The fraction of sp³-hybridized carbons (Fsp3) is 0.467.